The second kappa shape index (κ2) is 6.49. The topological polar surface area (TPSA) is 50.7 Å². The van der Waals surface area contributed by atoms with E-state index in [-0.39, 0.29) is 5.91 Å². The third-order valence-electron chi connectivity index (χ3n) is 3.05. The zero-order valence-electron chi connectivity index (χ0n) is 11.9. The minimum Gasteiger partial charge on any atom is -0.497 e. The third-order valence-corrected chi connectivity index (χ3v) is 3.96. The molecule has 0 unspecified atom stereocenters. The maximum atomic E-state index is 12.0. The molecule has 0 radical (unpaired) electrons. The van der Waals surface area contributed by atoms with Crippen molar-refractivity contribution in [2.75, 3.05) is 7.11 Å². The SMILES string of the molecule is COc1ccc(N=C2NC(=O)/C(=C/c3ccccc3)S2)cc1. The number of methoxy groups -OCH3 is 1. The summed E-state index contributed by atoms with van der Waals surface area (Å²) in [5.74, 6) is 0.651. The minimum atomic E-state index is -0.124. The Morgan fingerprint density at radius 3 is 2.50 bits per heavy atom. The molecule has 2 aromatic rings. The number of rotatable bonds is 3. The van der Waals surface area contributed by atoms with Crippen LogP contribution in [0.15, 0.2) is 64.5 Å². The summed E-state index contributed by atoms with van der Waals surface area (Å²) in [7, 11) is 1.62. The van der Waals surface area contributed by atoms with Crippen LogP contribution >= 0.6 is 11.8 Å². The number of hydrogen-bond donors (Lipinski definition) is 1. The highest BCUT2D eigenvalue weighted by Crippen LogP contribution is 2.28. The van der Waals surface area contributed by atoms with E-state index in [0.29, 0.717) is 10.1 Å². The Hall–Kier alpha value is -2.53. The van der Waals surface area contributed by atoms with Gasteiger partial charge in [-0.25, -0.2) is 4.99 Å². The van der Waals surface area contributed by atoms with Crippen molar-refractivity contribution in [3.63, 3.8) is 0 Å². The molecule has 1 fully saturated rings. The average molecular weight is 310 g/mol. The molecule has 3 rings (SSSR count). The van der Waals surface area contributed by atoms with Crippen LogP contribution in [0.3, 0.4) is 0 Å². The lowest BCUT2D eigenvalue weighted by atomic mass is 10.2. The molecule has 22 heavy (non-hydrogen) atoms. The second-order valence-electron chi connectivity index (χ2n) is 4.59. The van der Waals surface area contributed by atoms with Crippen LogP contribution in [0.1, 0.15) is 5.56 Å². The number of thioether (sulfide) groups is 1. The molecule has 0 atom stereocenters. The van der Waals surface area contributed by atoms with E-state index in [0.717, 1.165) is 17.0 Å². The normalized spacial score (nSPS) is 17.8. The first-order valence-corrected chi connectivity index (χ1v) is 7.55. The largest absolute Gasteiger partial charge is 0.497 e. The number of nitrogens with one attached hydrogen (secondary N) is 1. The molecule has 0 aliphatic carbocycles. The lowest BCUT2D eigenvalue weighted by Crippen LogP contribution is -2.19. The monoisotopic (exact) mass is 310 g/mol. The highest BCUT2D eigenvalue weighted by molar-refractivity contribution is 8.18. The molecule has 1 aliphatic heterocycles. The summed E-state index contributed by atoms with van der Waals surface area (Å²) in [6.07, 6.45) is 1.86. The van der Waals surface area contributed by atoms with Crippen molar-refractivity contribution in [1.29, 1.82) is 0 Å². The molecule has 1 aliphatic rings. The molecule has 4 nitrogen and oxygen atoms in total. The molecule has 0 saturated carbocycles. The molecule has 0 aromatic heterocycles. The Kier molecular flexibility index (Phi) is 4.25. The molecule has 110 valence electrons. The van der Waals surface area contributed by atoms with Crippen LogP contribution in [0.5, 0.6) is 5.75 Å². The summed E-state index contributed by atoms with van der Waals surface area (Å²) in [6, 6.07) is 17.1. The van der Waals surface area contributed by atoms with Gasteiger partial charge in [-0.05, 0) is 47.7 Å². The molecule has 2 aromatic carbocycles. The first kappa shape index (κ1) is 14.4. The summed E-state index contributed by atoms with van der Waals surface area (Å²) < 4.78 is 5.11. The molecule has 1 amide bonds. The fraction of sp³-hybridized carbons (Fsp3) is 0.0588. The van der Waals surface area contributed by atoms with Crippen molar-refractivity contribution < 1.29 is 9.53 Å². The first-order valence-electron chi connectivity index (χ1n) is 6.73. The van der Waals surface area contributed by atoms with Crippen LogP contribution < -0.4 is 10.1 Å². The molecule has 1 saturated heterocycles. The fourth-order valence-corrected chi connectivity index (χ4v) is 2.80. The minimum absolute atomic E-state index is 0.124. The molecular weight excluding hydrogens is 296 g/mol. The van der Waals surface area contributed by atoms with Gasteiger partial charge in [-0.3, -0.25) is 4.79 Å². The quantitative estimate of drug-likeness (QED) is 0.882. The van der Waals surface area contributed by atoms with Crippen molar-refractivity contribution in [2.24, 2.45) is 4.99 Å². The van der Waals surface area contributed by atoms with E-state index in [1.165, 1.54) is 11.8 Å². The van der Waals surface area contributed by atoms with Crippen LogP contribution in [0.25, 0.3) is 6.08 Å². The van der Waals surface area contributed by atoms with E-state index < -0.39 is 0 Å². The van der Waals surface area contributed by atoms with E-state index in [4.69, 9.17) is 4.74 Å². The van der Waals surface area contributed by atoms with Crippen LogP contribution in [0, 0.1) is 0 Å². The van der Waals surface area contributed by atoms with E-state index in [1.54, 1.807) is 7.11 Å². The van der Waals surface area contributed by atoms with Crippen molar-refractivity contribution in [3.05, 3.63) is 65.1 Å². The van der Waals surface area contributed by atoms with Crippen LogP contribution in [-0.4, -0.2) is 18.2 Å². The Morgan fingerprint density at radius 2 is 1.82 bits per heavy atom. The van der Waals surface area contributed by atoms with Crippen LogP contribution in [-0.2, 0) is 4.79 Å². The summed E-state index contributed by atoms with van der Waals surface area (Å²) in [4.78, 5) is 17.0. The highest BCUT2D eigenvalue weighted by Gasteiger charge is 2.23. The zero-order valence-corrected chi connectivity index (χ0v) is 12.8. The number of carbonyl (C=O) groups excluding carboxylic acids is 1. The molecule has 1 heterocycles. The van der Waals surface area contributed by atoms with E-state index in [1.807, 2.05) is 60.7 Å². The summed E-state index contributed by atoms with van der Waals surface area (Å²) in [6.45, 7) is 0. The van der Waals surface area contributed by atoms with E-state index in [9.17, 15) is 4.79 Å². The van der Waals surface area contributed by atoms with Crippen molar-refractivity contribution in [1.82, 2.24) is 5.32 Å². The predicted octanol–water partition coefficient (Wildman–Crippen LogP) is 3.59. The number of hydrogen-bond acceptors (Lipinski definition) is 4. The van der Waals surface area contributed by atoms with Crippen LogP contribution in [0.2, 0.25) is 0 Å². The second-order valence-corrected chi connectivity index (χ2v) is 5.62. The van der Waals surface area contributed by atoms with Gasteiger partial charge in [-0.2, -0.15) is 0 Å². The van der Waals surface area contributed by atoms with Crippen molar-refractivity contribution >= 4 is 34.6 Å². The number of amides is 1. The third kappa shape index (κ3) is 3.38. The maximum absolute atomic E-state index is 12.0. The van der Waals surface area contributed by atoms with Gasteiger partial charge < -0.3 is 10.1 Å². The standard InChI is InChI=1S/C17H14N2O2S/c1-21-14-9-7-13(8-10-14)18-17-19-16(20)15(22-17)11-12-5-3-2-4-6-12/h2-11H,1H3,(H,18,19,20)/b15-11-. The number of benzene rings is 2. The first-order chi connectivity index (χ1) is 10.7. The van der Waals surface area contributed by atoms with Crippen molar-refractivity contribution in [3.8, 4) is 5.75 Å². The van der Waals surface area contributed by atoms with Gasteiger partial charge >= 0.3 is 0 Å². The predicted molar refractivity (Wildman–Crippen MR) is 90.2 cm³/mol. The number of ether oxygens (including phenoxy) is 1. The summed E-state index contributed by atoms with van der Waals surface area (Å²) in [5.41, 5.74) is 1.76. The summed E-state index contributed by atoms with van der Waals surface area (Å²) in [5, 5.41) is 3.36. The Balaban J connectivity index is 1.79. The van der Waals surface area contributed by atoms with Gasteiger partial charge in [0.1, 0.15) is 5.75 Å². The van der Waals surface area contributed by atoms with Gasteiger partial charge in [0.15, 0.2) is 5.17 Å². The molecule has 5 heteroatoms. The summed E-state index contributed by atoms with van der Waals surface area (Å²) >= 11 is 1.34. The smallest absolute Gasteiger partial charge is 0.264 e. The van der Waals surface area contributed by atoms with Gasteiger partial charge in [0.2, 0.25) is 0 Å². The lowest BCUT2D eigenvalue weighted by molar-refractivity contribution is -0.115. The Morgan fingerprint density at radius 1 is 1.09 bits per heavy atom. The molecule has 1 N–H and O–H groups in total. The van der Waals surface area contributed by atoms with Gasteiger partial charge in [-0.1, -0.05) is 30.3 Å². The van der Waals surface area contributed by atoms with E-state index >= 15 is 0 Å². The van der Waals surface area contributed by atoms with Crippen molar-refractivity contribution in [2.45, 2.75) is 0 Å². The van der Waals surface area contributed by atoms with Gasteiger partial charge in [-0.15, -0.1) is 0 Å². The Bertz CT molecular complexity index is 737. The van der Waals surface area contributed by atoms with Gasteiger partial charge in [0.05, 0.1) is 17.7 Å². The Labute approximate surface area is 132 Å². The van der Waals surface area contributed by atoms with Gasteiger partial charge in [0, 0.05) is 0 Å². The molecular formula is C17H14N2O2S. The molecule has 0 spiro atoms. The lowest BCUT2D eigenvalue weighted by Gasteiger charge is -1.99. The molecule has 0 bridgehead atoms. The maximum Gasteiger partial charge on any atom is 0.264 e. The van der Waals surface area contributed by atoms with Crippen LogP contribution in [0.4, 0.5) is 5.69 Å². The number of aliphatic imine (C=N–C) groups is 1. The zero-order chi connectivity index (χ0) is 15.4. The highest BCUT2D eigenvalue weighted by atomic mass is 32.2. The number of nitrogens with zero attached hydrogens (tertiary/aromatic N) is 1. The van der Waals surface area contributed by atoms with Gasteiger partial charge in [0.25, 0.3) is 5.91 Å². The number of carbonyl (C=O) groups is 1. The van der Waals surface area contributed by atoms with E-state index in [2.05, 4.69) is 10.3 Å². The number of amidine groups is 1. The average Bonchev–Trinajstić information content (AvgIpc) is 2.88. The fourth-order valence-electron chi connectivity index (χ4n) is 1.96.